The normalized spacial score (nSPS) is 23.1. The minimum atomic E-state index is -3.38. The molecule has 0 aromatic rings. The monoisotopic (exact) mass is 178 g/mol. The van der Waals surface area contributed by atoms with E-state index >= 15 is 0 Å². The first-order valence-electron chi connectivity index (χ1n) is 3.23. The summed E-state index contributed by atoms with van der Waals surface area (Å²) in [5.41, 5.74) is 0. The maximum absolute atomic E-state index is 10.9. The Morgan fingerprint density at radius 3 is 2.82 bits per heavy atom. The van der Waals surface area contributed by atoms with E-state index in [1.807, 2.05) is 0 Å². The van der Waals surface area contributed by atoms with Crippen molar-refractivity contribution < 1.29 is 17.3 Å². The Morgan fingerprint density at radius 2 is 2.36 bits per heavy atom. The summed E-state index contributed by atoms with van der Waals surface area (Å²) in [7, 11) is -3.38. The van der Waals surface area contributed by atoms with Crippen LogP contribution in [0.2, 0.25) is 0 Å². The number of ether oxygens (including phenoxy) is 1. The molecule has 64 valence electrons. The summed E-state index contributed by atoms with van der Waals surface area (Å²) in [6, 6.07) is 0. The fraction of sp³-hybridized carbons (Fsp3) is 0.667. The Hall–Kier alpha value is -0.390. The van der Waals surface area contributed by atoms with Gasteiger partial charge in [0.15, 0.2) is 0 Å². The van der Waals surface area contributed by atoms with E-state index in [0.29, 0.717) is 6.61 Å². The molecule has 4 nitrogen and oxygen atoms in total. The molecule has 1 heterocycles. The molecule has 0 aliphatic carbocycles. The molecule has 1 atom stereocenters. The molecule has 0 saturated carbocycles. The van der Waals surface area contributed by atoms with Crippen LogP contribution in [0.5, 0.6) is 0 Å². The topological polar surface area (TPSA) is 55.9 Å². The zero-order valence-corrected chi connectivity index (χ0v) is 6.84. The Balaban J connectivity index is 2.31. The van der Waals surface area contributed by atoms with Gasteiger partial charge in [-0.1, -0.05) is 6.08 Å². The summed E-state index contributed by atoms with van der Waals surface area (Å²) in [6.07, 6.45) is 1.25. The Labute approximate surface area is 65.9 Å². The Kier molecular flexibility index (Phi) is 2.64. The molecule has 0 aromatic carbocycles. The summed E-state index contributed by atoms with van der Waals surface area (Å²) in [4.78, 5) is 0. The molecule has 1 aliphatic heterocycles. The van der Waals surface area contributed by atoms with Crippen LogP contribution in [0.15, 0.2) is 12.7 Å². The van der Waals surface area contributed by atoms with E-state index in [9.17, 15) is 8.42 Å². The first-order valence-corrected chi connectivity index (χ1v) is 4.81. The van der Waals surface area contributed by atoms with Gasteiger partial charge in [0, 0.05) is 0 Å². The first-order chi connectivity index (χ1) is 5.14. The van der Waals surface area contributed by atoms with Crippen molar-refractivity contribution in [2.75, 3.05) is 19.0 Å². The summed E-state index contributed by atoms with van der Waals surface area (Å²) in [6.45, 7) is 3.90. The van der Waals surface area contributed by atoms with Crippen molar-refractivity contribution in [3.63, 3.8) is 0 Å². The van der Waals surface area contributed by atoms with Gasteiger partial charge in [0.25, 0.3) is 10.1 Å². The molecule has 5 heteroatoms. The Morgan fingerprint density at radius 1 is 1.73 bits per heavy atom. The fourth-order valence-electron chi connectivity index (χ4n) is 0.592. The molecule has 0 amide bonds. The molecule has 0 spiro atoms. The minimum Gasteiger partial charge on any atom is -0.372 e. The van der Waals surface area contributed by atoms with Gasteiger partial charge in [-0.05, 0) is 0 Å². The lowest BCUT2D eigenvalue weighted by molar-refractivity contribution is 0.349. The molecule has 11 heavy (non-hydrogen) atoms. The van der Waals surface area contributed by atoms with Gasteiger partial charge in [0.1, 0.15) is 5.75 Å². The van der Waals surface area contributed by atoms with Crippen molar-refractivity contribution in [3.05, 3.63) is 12.7 Å². The molecule has 1 rings (SSSR count). The second-order valence-electron chi connectivity index (χ2n) is 2.25. The van der Waals surface area contributed by atoms with Crippen molar-refractivity contribution in [2.24, 2.45) is 0 Å². The van der Waals surface area contributed by atoms with E-state index in [2.05, 4.69) is 10.8 Å². The van der Waals surface area contributed by atoms with Crippen LogP contribution < -0.4 is 0 Å². The van der Waals surface area contributed by atoms with Crippen LogP contribution in [0.4, 0.5) is 0 Å². The third-order valence-electron chi connectivity index (χ3n) is 1.16. The minimum absolute atomic E-state index is 0.0368. The van der Waals surface area contributed by atoms with Crippen LogP contribution >= 0.6 is 0 Å². The molecular weight excluding hydrogens is 168 g/mol. The van der Waals surface area contributed by atoms with Gasteiger partial charge >= 0.3 is 0 Å². The van der Waals surface area contributed by atoms with E-state index in [1.54, 1.807) is 0 Å². The van der Waals surface area contributed by atoms with Crippen LogP contribution in [0.1, 0.15) is 0 Å². The smallest absolute Gasteiger partial charge is 0.270 e. The molecule has 1 aliphatic rings. The molecular formula is C6H10O4S. The molecule has 0 bridgehead atoms. The highest BCUT2D eigenvalue weighted by molar-refractivity contribution is 7.86. The second kappa shape index (κ2) is 3.34. The van der Waals surface area contributed by atoms with Gasteiger partial charge in [0.2, 0.25) is 0 Å². The van der Waals surface area contributed by atoms with Crippen LogP contribution in [-0.4, -0.2) is 33.5 Å². The standard InChI is InChI=1S/C6H10O4S/c1-2-3-10-11(7,8)5-6-4-9-6/h2,6H,1,3-5H2. The van der Waals surface area contributed by atoms with Crippen LogP contribution in [0.25, 0.3) is 0 Å². The van der Waals surface area contributed by atoms with Crippen molar-refractivity contribution in [3.8, 4) is 0 Å². The molecule has 1 saturated heterocycles. The highest BCUT2D eigenvalue weighted by atomic mass is 32.2. The number of epoxide rings is 1. The summed E-state index contributed by atoms with van der Waals surface area (Å²) in [5.74, 6) is -0.0408. The van der Waals surface area contributed by atoms with Crippen molar-refractivity contribution >= 4 is 10.1 Å². The Bertz CT molecular complexity index is 227. The third-order valence-corrected chi connectivity index (χ3v) is 2.43. The second-order valence-corrected chi connectivity index (χ2v) is 3.94. The van der Waals surface area contributed by atoms with Crippen molar-refractivity contribution in [1.82, 2.24) is 0 Å². The number of rotatable bonds is 5. The first kappa shape index (κ1) is 8.70. The summed E-state index contributed by atoms with van der Waals surface area (Å²) < 4.78 is 31.0. The van der Waals surface area contributed by atoms with E-state index < -0.39 is 10.1 Å². The van der Waals surface area contributed by atoms with Gasteiger partial charge in [-0.2, -0.15) is 8.42 Å². The number of hydrogen-bond donors (Lipinski definition) is 0. The summed E-state index contributed by atoms with van der Waals surface area (Å²) in [5, 5.41) is 0. The third kappa shape index (κ3) is 3.50. The van der Waals surface area contributed by atoms with Crippen LogP contribution in [0, 0.1) is 0 Å². The average molecular weight is 178 g/mol. The molecule has 0 aromatic heterocycles. The van der Waals surface area contributed by atoms with Crippen LogP contribution in [-0.2, 0) is 19.0 Å². The van der Waals surface area contributed by atoms with Gasteiger partial charge in [-0.3, -0.25) is 4.18 Å². The van der Waals surface area contributed by atoms with Crippen molar-refractivity contribution in [1.29, 1.82) is 0 Å². The molecule has 0 radical (unpaired) electrons. The lowest BCUT2D eigenvalue weighted by atomic mass is 10.6. The molecule has 0 N–H and O–H groups in total. The predicted molar refractivity (Wildman–Crippen MR) is 39.7 cm³/mol. The SMILES string of the molecule is C=CCOS(=O)(=O)CC1CO1. The van der Waals surface area contributed by atoms with E-state index in [0.717, 1.165) is 0 Å². The lowest BCUT2D eigenvalue weighted by Gasteiger charge is -1.99. The van der Waals surface area contributed by atoms with E-state index in [-0.39, 0.29) is 18.5 Å². The molecule has 1 fully saturated rings. The van der Waals surface area contributed by atoms with Gasteiger partial charge in [0.05, 0.1) is 19.3 Å². The van der Waals surface area contributed by atoms with Crippen LogP contribution in [0.3, 0.4) is 0 Å². The van der Waals surface area contributed by atoms with Gasteiger partial charge < -0.3 is 4.74 Å². The van der Waals surface area contributed by atoms with E-state index in [1.165, 1.54) is 6.08 Å². The zero-order valence-electron chi connectivity index (χ0n) is 6.02. The predicted octanol–water partition coefficient (Wildman–Crippen LogP) is -0.0824. The fourth-order valence-corrected chi connectivity index (χ4v) is 1.64. The summed E-state index contributed by atoms with van der Waals surface area (Å²) >= 11 is 0. The van der Waals surface area contributed by atoms with Crippen molar-refractivity contribution in [2.45, 2.75) is 6.10 Å². The quantitative estimate of drug-likeness (QED) is 0.335. The zero-order chi connectivity index (χ0) is 8.32. The van der Waals surface area contributed by atoms with E-state index in [4.69, 9.17) is 4.74 Å². The molecule has 1 unspecified atom stereocenters. The maximum atomic E-state index is 10.9. The largest absolute Gasteiger partial charge is 0.372 e. The highest BCUT2D eigenvalue weighted by Crippen LogP contribution is 2.12. The van der Waals surface area contributed by atoms with Gasteiger partial charge in [-0.15, -0.1) is 6.58 Å². The maximum Gasteiger partial charge on any atom is 0.270 e. The highest BCUT2D eigenvalue weighted by Gasteiger charge is 2.29. The van der Waals surface area contributed by atoms with Gasteiger partial charge in [-0.25, -0.2) is 0 Å². The average Bonchev–Trinajstić information content (AvgIpc) is 2.67. The number of hydrogen-bond acceptors (Lipinski definition) is 4. The lowest BCUT2D eigenvalue weighted by Crippen LogP contribution is -2.14.